The SMILES string of the molecule is CC(NC(=O)CNc1cccc(C#N)c1)c1ccc(Cl)cc1. The van der Waals surface area contributed by atoms with Crippen molar-refractivity contribution in [3.63, 3.8) is 0 Å². The van der Waals surface area contributed by atoms with Crippen molar-refractivity contribution in [2.24, 2.45) is 0 Å². The highest BCUT2D eigenvalue weighted by molar-refractivity contribution is 6.30. The number of nitrogens with one attached hydrogen (secondary N) is 2. The number of carbonyl (C=O) groups excluding carboxylic acids is 1. The molecule has 112 valence electrons. The first-order chi connectivity index (χ1) is 10.6. The molecule has 1 unspecified atom stereocenters. The summed E-state index contributed by atoms with van der Waals surface area (Å²) in [6.45, 7) is 2.06. The summed E-state index contributed by atoms with van der Waals surface area (Å²) in [6, 6.07) is 16.3. The lowest BCUT2D eigenvalue weighted by molar-refractivity contribution is -0.120. The molecule has 0 bridgehead atoms. The van der Waals surface area contributed by atoms with E-state index in [1.165, 1.54) is 0 Å². The topological polar surface area (TPSA) is 64.9 Å². The molecule has 0 aliphatic heterocycles. The average molecular weight is 314 g/mol. The molecular formula is C17H16ClN3O. The van der Waals surface area contributed by atoms with Gasteiger partial charge in [-0.3, -0.25) is 4.79 Å². The van der Waals surface area contributed by atoms with Gasteiger partial charge in [0.05, 0.1) is 24.2 Å². The summed E-state index contributed by atoms with van der Waals surface area (Å²) in [6.07, 6.45) is 0. The van der Waals surface area contributed by atoms with E-state index in [0.717, 1.165) is 11.3 Å². The quantitative estimate of drug-likeness (QED) is 0.888. The third-order valence-corrected chi connectivity index (χ3v) is 3.44. The molecule has 5 heteroatoms. The van der Waals surface area contributed by atoms with E-state index in [1.54, 1.807) is 30.3 Å². The van der Waals surface area contributed by atoms with E-state index in [-0.39, 0.29) is 18.5 Å². The molecule has 2 aromatic carbocycles. The number of carbonyl (C=O) groups is 1. The van der Waals surface area contributed by atoms with Crippen LogP contribution in [0.1, 0.15) is 24.1 Å². The Kier molecular flexibility index (Phi) is 5.40. The Hall–Kier alpha value is -2.51. The van der Waals surface area contributed by atoms with Crippen LogP contribution in [0, 0.1) is 11.3 Å². The maximum Gasteiger partial charge on any atom is 0.239 e. The van der Waals surface area contributed by atoms with Crippen LogP contribution in [-0.2, 0) is 4.79 Å². The predicted octanol–water partition coefficient (Wildman–Crippen LogP) is 3.50. The molecule has 2 rings (SSSR count). The first-order valence-corrected chi connectivity index (χ1v) is 7.25. The van der Waals surface area contributed by atoms with Gasteiger partial charge < -0.3 is 10.6 Å². The fourth-order valence-corrected chi connectivity index (χ4v) is 2.13. The lowest BCUT2D eigenvalue weighted by Crippen LogP contribution is -2.32. The summed E-state index contributed by atoms with van der Waals surface area (Å²) in [5.74, 6) is -0.121. The molecule has 0 fully saturated rings. The summed E-state index contributed by atoms with van der Waals surface area (Å²) in [5, 5.41) is 15.4. The molecule has 2 N–H and O–H groups in total. The van der Waals surface area contributed by atoms with Gasteiger partial charge in [0.15, 0.2) is 0 Å². The average Bonchev–Trinajstić information content (AvgIpc) is 2.53. The molecule has 0 radical (unpaired) electrons. The molecular weight excluding hydrogens is 298 g/mol. The van der Waals surface area contributed by atoms with Gasteiger partial charge in [-0.1, -0.05) is 29.8 Å². The maximum absolute atomic E-state index is 12.0. The van der Waals surface area contributed by atoms with Crippen LogP contribution in [0.5, 0.6) is 0 Å². The Balaban J connectivity index is 1.87. The normalized spacial score (nSPS) is 11.3. The number of hydrogen-bond acceptors (Lipinski definition) is 3. The van der Waals surface area contributed by atoms with Gasteiger partial charge in [-0.25, -0.2) is 0 Å². The predicted molar refractivity (Wildman–Crippen MR) is 87.7 cm³/mol. The molecule has 0 heterocycles. The van der Waals surface area contributed by atoms with Crippen molar-refractivity contribution < 1.29 is 4.79 Å². The fourth-order valence-electron chi connectivity index (χ4n) is 2.01. The minimum Gasteiger partial charge on any atom is -0.376 e. The number of benzene rings is 2. The minimum atomic E-state index is -0.121. The number of nitriles is 1. The first-order valence-electron chi connectivity index (χ1n) is 6.87. The molecule has 0 aliphatic carbocycles. The van der Waals surface area contributed by atoms with Crippen molar-refractivity contribution in [2.75, 3.05) is 11.9 Å². The molecule has 0 saturated carbocycles. The highest BCUT2D eigenvalue weighted by atomic mass is 35.5. The number of anilines is 1. The molecule has 0 aromatic heterocycles. The Morgan fingerprint density at radius 3 is 2.68 bits per heavy atom. The zero-order valence-electron chi connectivity index (χ0n) is 12.1. The van der Waals surface area contributed by atoms with Crippen molar-refractivity contribution in [3.8, 4) is 6.07 Å². The van der Waals surface area contributed by atoms with Crippen LogP contribution in [0.2, 0.25) is 5.02 Å². The molecule has 2 aromatic rings. The Morgan fingerprint density at radius 1 is 1.27 bits per heavy atom. The molecule has 22 heavy (non-hydrogen) atoms. The second kappa shape index (κ2) is 7.48. The molecule has 4 nitrogen and oxygen atoms in total. The highest BCUT2D eigenvalue weighted by Gasteiger charge is 2.09. The summed E-state index contributed by atoms with van der Waals surface area (Å²) < 4.78 is 0. The van der Waals surface area contributed by atoms with E-state index in [2.05, 4.69) is 16.7 Å². The monoisotopic (exact) mass is 313 g/mol. The zero-order chi connectivity index (χ0) is 15.9. The lowest BCUT2D eigenvalue weighted by Gasteiger charge is -2.15. The maximum atomic E-state index is 12.0. The summed E-state index contributed by atoms with van der Waals surface area (Å²) >= 11 is 5.84. The van der Waals surface area contributed by atoms with Crippen LogP contribution < -0.4 is 10.6 Å². The van der Waals surface area contributed by atoms with Gasteiger partial charge >= 0.3 is 0 Å². The molecule has 0 saturated heterocycles. The second-order valence-corrected chi connectivity index (χ2v) is 5.32. The van der Waals surface area contributed by atoms with Crippen LogP contribution in [0.15, 0.2) is 48.5 Å². The molecule has 0 spiro atoms. The van der Waals surface area contributed by atoms with Gasteiger partial charge in [-0.2, -0.15) is 5.26 Å². The van der Waals surface area contributed by atoms with E-state index >= 15 is 0 Å². The highest BCUT2D eigenvalue weighted by Crippen LogP contribution is 2.16. The lowest BCUT2D eigenvalue weighted by atomic mass is 10.1. The van der Waals surface area contributed by atoms with Crippen LogP contribution in [-0.4, -0.2) is 12.5 Å². The largest absolute Gasteiger partial charge is 0.376 e. The van der Waals surface area contributed by atoms with Crippen LogP contribution in [0.4, 0.5) is 5.69 Å². The van der Waals surface area contributed by atoms with Crippen LogP contribution in [0.3, 0.4) is 0 Å². The first kappa shape index (κ1) is 15.9. The fraction of sp³-hybridized carbons (Fsp3) is 0.176. The van der Waals surface area contributed by atoms with E-state index < -0.39 is 0 Å². The third kappa shape index (κ3) is 4.51. The van der Waals surface area contributed by atoms with Gasteiger partial charge in [0.25, 0.3) is 0 Å². The number of rotatable bonds is 5. The van der Waals surface area contributed by atoms with Gasteiger partial charge in [-0.05, 0) is 42.8 Å². The Morgan fingerprint density at radius 2 is 2.00 bits per heavy atom. The van der Waals surface area contributed by atoms with Gasteiger partial charge in [0.1, 0.15) is 0 Å². The minimum absolute atomic E-state index is 0.1000. The van der Waals surface area contributed by atoms with E-state index in [4.69, 9.17) is 16.9 Å². The molecule has 1 amide bonds. The van der Waals surface area contributed by atoms with E-state index in [0.29, 0.717) is 10.6 Å². The van der Waals surface area contributed by atoms with Gasteiger partial charge in [0.2, 0.25) is 5.91 Å². The second-order valence-electron chi connectivity index (χ2n) is 4.89. The van der Waals surface area contributed by atoms with Crippen molar-refractivity contribution in [3.05, 3.63) is 64.7 Å². The van der Waals surface area contributed by atoms with Crippen molar-refractivity contribution in [2.45, 2.75) is 13.0 Å². The number of halogens is 1. The summed E-state index contributed by atoms with van der Waals surface area (Å²) in [7, 11) is 0. The van der Waals surface area contributed by atoms with Crippen molar-refractivity contribution in [1.82, 2.24) is 5.32 Å². The molecule has 0 aliphatic rings. The van der Waals surface area contributed by atoms with Crippen LogP contribution >= 0.6 is 11.6 Å². The standard InChI is InChI=1S/C17H16ClN3O/c1-12(14-5-7-15(18)8-6-14)21-17(22)11-20-16-4-2-3-13(9-16)10-19/h2-9,12,20H,11H2,1H3,(H,21,22). The number of amides is 1. The Bertz CT molecular complexity index is 692. The molecule has 1 atom stereocenters. The van der Waals surface area contributed by atoms with E-state index in [1.807, 2.05) is 25.1 Å². The van der Waals surface area contributed by atoms with Gasteiger partial charge in [0, 0.05) is 10.7 Å². The third-order valence-electron chi connectivity index (χ3n) is 3.19. The van der Waals surface area contributed by atoms with E-state index in [9.17, 15) is 4.79 Å². The van der Waals surface area contributed by atoms with Crippen LogP contribution in [0.25, 0.3) is 0 Å². The summed E-state index contributed by atoms with van der Waals surface area (Å²) in [5.41, 5.74) is 2.29. The van der Waals surface area contributed by atoms with Crippen molar-refractivity contribution >= 4 is 23.2 Å². The summed E-state index contributed by atoms with van der Waals surface area (Å²) in [4.78, 5) is 12.0. The number of hydrogen-bond donors (Lipinski definition) is 2. The smallest absolute Gasteiger partial charge is 0.239 e. The number of nitrogens with zero attached hydrogens (tertiary/aromatic N) is 1. The zero-order valence-corrected chi connectivity index (χ0v) is 12.9. The Labute approximate surface area is 134 Å². The van der Waals surface area contributed by atoms with Crippen molar-refractivity contribution in [1.29, 1.82) is 5.26 Å². The van der Waals surface area contributed by atoms with Gasteiger partial charge in [-0.15, -0.1) is 0 Å².